The van der Waals surface area contributed by atoms with Gasteiger partial charge in [-0.1, -0.05) is 41.9 Å². The monoisotopic (exact) mass is 352 g/mol. The molecular formula is C20H17ClN2O2. The molecule has 0 radical (unpaired) electrons. The van der Waals surface area contributed by atoms with E-state index in [9.17, 15) is 4.79 Å². The third-order valence-corrected chi connectivity index (χ3v) is 3.82. The maximum absolute atomic E-state index is 12.0. The van der Waals surface area contributed by atoms with Crippen molar-refractivity contribution in [2.24, 2.45) is 0 Å². The highest BCUT2D eigenvalue weighted by Gasteiger charge is 2.14. The number of ether oxygens (including phenoxy) is 1. The molecule has 25 heavy (non-hydrogen) atoms. The van der Waals surface area contributed by atoms with Crippen LogP contribution in [0.15, 0.2) is 66.7 Å². The summed E-state index contributed by atoms with van der Waals surface area (Å²) >= 11 is 5.94. The Morgan fingerprint density at radius 2 is 1.76 bits per heavy atom. The molecule has 1 heterocycles. The van der Waals surface area contributed by atoms with Crippen LogP contribution in [-0.4, -0.2) is 17.6 Å². The molecule has 0 aliphatic heterocycles. The SMILES string of the molecule is CCOC(=O)c1ccc(-c2ccccc2)c(Nc2ccc(Cl)cc2)n1. The lowest BCUT2D eigenvalue weighted by molar-refractivity contribution is 0.0519. The first-order valence-corrected chi connectivity index (χ1v) is 8.31. The fourth-order valence-electron chi connectivity index (χ4n) is 2.39. The normalized spacial score (nSPS) is 10.3. The Hall–Kier alpha value is -2.85. The number of hydrogen-bond acceptors (Lipinski definition) is 4. The maximum atomic E-state index is 12.0. The van der Waals surface area contributed by atoms with Gasteiger partial charge in [0.25, 0.3) is 0 Å². The summed E-state index contributed by atoms with van der Waals surface area (Å²) in [6.07, 6.45) is 0. The first-order chi connectivity index (χ1) is 12.2. The van der Waals surface area contributed by atoms with Gasteiger partial charge in [-0.3, -0.25) is 0 Å². The number of carbonyl (C=O) groups is 1. The topological polar surface area (TPSA) is 51.2 Å². The summed E-state index contributed by atoms with van der Waals surface area (Å²) in [7, 11) is 0. The average Bonchev–Trinajstić information content (AvgIpc) is 2.64. The third kappa shape index (κ3) is 4.17. The molecular weight excluding hydrogens is 336 g/mol. The summed E-state index contributed by atoms with van der Waals surface area (Å²) < 4.78 is 5.05. The number of halogens is 1. The van der Waals surface area contributed by atoms with Crippen LogP contribution in [0.4, 0.5) is 11.5 Å². The zero-order valence-electron chi connectivity index (χ0n) is 13.7. The second-order valence-corrected chi connectivity index (χ2v) is 5.75. The second-order valence-electron chi connectivity index (χ2n) is 5.31. The van der Waals surface area contributed by atoms with Gasteiger partial charge in [-0.25, -0.2) is 9.78 Å². The quantitative estimate of drug-likeness (QED) is 0.631. The molecule has 4 nitrogen and oxygen atoms in total. The van der Waals surface area contributed by atoms with E-state index in [4.69, 9.17) is 16.3 Å². The van der Waals surface area contributed by atoms with Crippen LogP contribution in [-0.2, 0) is 4.74 Å². The Labute approximate surface area is 151 Å². The van der Waals surface area contributed by atoms with E-state index in [1.165, 1.54) is 0 Å². The van der Waals surface area contributed by atoms with E-state index < -0.39 is 5.97 Å². The number of nitrogens with zero attached hydrogens (tertiary/aromatic N) is 1. The van der Waals surface area contributed by atoms with Crippen molar-refractivity contribution >= 4 is 29.1 Å². The van der Waals surface area contributed by atoms with E-state index in [1.807, 2.05) is 48.5 Å². The van der Waals surface area contributed by atoms with Crippen LogP contribution in [0.25, 0.3) is 11.1 Å². The van der Waals surface area contributed by atoms with E-state index >= 15 is 0 Å². The van der Waals surface area contributed by atoms with Gasteiger partial charge >= 0.3 is 5.97 Å². The standard InChI is InChI=1S/C20H17ClN2O2/c1-2-25-20(24)18-13-12-17(14-6-4-3-5-7-14)19(23-18)22-16-10-8-15(21)9-11-16/h3-13H,2H2,1H3,(H,22,23). The first kappa shape index (κ1) is 17.0. The zero-order valence-corrected chi connectivity index (χ0v) is 14.5. The molecule has 0 aliphatic carbocycles. The number of pyridine rings is 1. The van der Waals surface area contributed by atoms with Crippen LogP contribution >= 0.6 is 11.6 Å². The van der Waals surface area contributed by atoms with Gasteiger partial charge in [-0.15, -0.1) is 0 Å². The molecule has 1 N–H and O–H groups in total. The van der Waals surface area contributed by atoms with Crippen molar-refractivity contribution in [3.63, 3.8) is 0 Å². The summed E-state index contributed by atoms with van der Waals surface area (Å²) in [6, 6.07) is 20.7. The largest absolute Gasteiger partial charge is 0.461 e. The molecule has 1 aromatic heterocycles. The fraction of sp³-hybridized carbons (Fsp3) is 0.100. The Morgan fingerprint density at radius 1 is 1.04 bits per heavy atom. The molecule has 5 heteroatoms. The Kier molecular flexibility index (Phi) is 5.31. The van der Waals surface area contributed by atoms with E-state index in [0.29, 0.717) is 17.4 Å². The van der Waals surface area contributed by atoms with E-state index in [0.717, 1.165) is 16.8 Å². The number of aromatic nitrogens is 1. The lowest BCUT2D eigenvalue weighted by Crippen LogP contribution is -2.09. The molecule has 0 saturated heterocycles. The number of anilines is 2. The highest BCUT2D eigenvalue weighted by Crippen LogP contribution is 2.29. The van der Waals surface area contributed by atoms with E-state index in [-0.39, 0.29) is 5.69 Å². The minimum atomic E-state index is -0.443. The molecule has 0 atom stereocenters. The van der Waals surface area contributed by atoms with Crippen molar-refractivity contribution in [2.45, 2.75) is 6.92 Å². The molecule has 3 aromatic rings. The summed E-state index contributed by atoms with van der Waals surface area (Å²) in [5, 5.41) is 3.91. The second kappa shape index (κ2) is 7.81. The van der Waals surface area contributed by atoms with Crippen molar-refractivity contribution in [2.75, 3.05) is 11.9 Å². The van der Waals surface area contributed by atoms with Crippen LogP contribution < -0.4 is 5.32 Å². The van der Waals surface area contributed by atoms with Crippen LogP contribution in [0.5, 0.6) is 0 Å². The Morgan fingerprint density at radius 3 is 2.44 bits per heavy atom. The molecule has 0 bridgehead atoms. The van der Waals surface area contributed by atoms with Gasteiger partial charge in [0.2, 0.25) is 0 Å². The van der Waals surface area contributed by atoms with E-state index in [1.54, 1.807) is 25.1 Å². The smallest absolute Gasteiger partial charge is 0.356 e. The molecule has 0 unspecified atom stereocenters. The van der Waals surface area contributed by atoms with Crippen molar-refractivity contribution < 1.29 is 9.53 Å². The fourth-order valence-corrected chi connectivity index (χ4v) is 2.52. The summed E-state index contributed by atoms with van der Waals surface area (Å²) in [5.41, 5.74) is 2.98. The van der Waals surface area contributed by atoms with Gasteiger partial charge < -0.3 is 10.1 Å². The van der Waals surface area contributed by atoms with Crippen molar-refractivity contribution in [3.05, 3.63) is 77.4 Å². The number of benzene rings is 2. The number of rotatable bonds is 5. The number of nitrogens with one attached hydrogen (secondary N) is 1. The van der Waals surface area contributed by atoms with Gasteiger partial charge in [-0.05, 0) is 48.9 Å². The highest BCUT2D eigenvalue weighted by molar-refractivity contribution is 6.30. The van der Waals surface area contributed by atoms with Crippen LogP contribution in [0.1, 0.15) is 17.4 Å². The molecule has 126 valence electrons. The molecule has 2 aromatic carbocycles. The lowest BCUT2D eigenvalue weighted by atomic mass is 10.1. The van der Waals surface area contributed by atoms with Crippen molar-refractivity contribution in [3.8, 4) is 11.1 Å². The average molecular weight is 353 g/mol. The van der Waals surface area contributed by atoms with Gasteiger partial charge in [-0.2, -0.15) is 0 Å². The number of hydrogen-bond donors (Lipinski definition) is 1. The van der Waals surface area contributed by atoms with Crippen LogP contribution in [0, 0.1) is 0 Å². The number of esters is 1. The third-order valence-electron chi connectivity index (χ3n) is 3.57. The highest BCUT2D eigenvalue weighted by atomic mass is 35.5. The summed E-state index contributed by atoms with van der Waals surface area (Å²) in [4.78, 5) is 16.5. The predicted molar refractivity (Wildman–Crippen MR) is 100 cm³/mol. The van der Waals surface area contributed by atoms with Gasteiger partial charge in [0.15, 0.2) is 5.69 Å². The predicted octanol–water partition coefficient (Wildman–Crippen LogP) is 5.32. The van der Waals surface area contributed by atoms with Crippen molar-refractivity contribution in [1.82, 2.24) is 4.98 Å². The van der Waals surface area contributed by atoms with Crippen LogP contribution in [0.3, 0.4) is 0 Å². The minimum absolute atomic E-state index is 0.262. The minimum Gasteiger partial charge on any atom is -0.461 e. The summed E-state index contributed by atoms with van der Waals surface area (Å²) in [6.45, 7) is 2.07. The Balaban J connectivity index is 2.02. The summed E-state index contributed by atoms with van der Waals surface area (Å²) in [5.74, 6) is 0.139. The lowest BCUT2D eigenvalue weighted by Gasteiger charge is -2.13. The first-order valence-electron chi connectivity index (χ1n) is 7.93. The van der Waals surface area contributed by atoms with Gasteiger partial charge in [0, 0.05) is 16.3 Å². The molecule has 0 spiro atoms. The van der Waals surface area contributed by atoms with Crippen LogP contribution in [0.2, 0.25) is 5.02 Å². The van der Waals surface area contributed by atoms with Crippen molar-refractivity contribution in [1.29, 1.82) is 0 Å². The number of carbonyl (C=O) groups excluding carboxylic acids is 1. The maximum Gasteiger partial charge on any atom is 0.356 e. The molecule has 0 fully saturated rings. The molecule has 3 rings (SSSR count). The molecule has 0 aliphatic rings. The Bertz CT molecular complexity index is 865. The molecule has 0 saturated carbocycles. The zero-order chi connectivity index (χ0) is 17.6. The van der Waals surface area contributed by atoms with Gasteiger partial charge in [0.1, 0.15) is 5.82 Å². The molecule has 0 amide bonds. The van der Waals surface area contributed by atoms with Gasteiger partial charge in [0.05, 0.1) is 6.61 Å². The van der Waals surface area contributed by atoms with E-state index in [2.05, 4.69) is 10.3 Å².